The maximum atomic E-state index is 13.1. The Balaban J connectivity index is 2.19. The van der Waals surface area contributed by atoms with Gasteiger partial charge >= 0.3 is 6.18 Å². The van der Waals surface area contributed by atoms with Crippen molar-refractivity contribution in [3.05, 3.63) is 58.4 Å². The van der Waals surface area contributed by atoms with Crippen LogP contribution in [0.15, 0.2) is 36.4 Å². The molecule has 0 bridgehead atoms. The Morgan fingerprint density at radius 1 is 1.10 bits per heavy atom. The van der Waals surface area contributed by atoms with E-state index in [0.29, 0.717) is 16.7 Å². The summed E-state index contributed by atoms with van der Waals surface area (Å²) in [4.78, 5) is 0. The second kappa shape index (κ2) is 5.81. The highest BCUT2D eigenvalue weighted by atomic mass is 35.5. The summed E-state index contributed by atoms with van der Waals surface area (Å²) in [6, 6.07) is 6.95. The number of rotatable bonds is 3. The molecule has 2 N–H and O–H groups in total. The van der Waals surface area contributed by atoms with Gasteiger partial charge in [0.05, 0.1) is 5.56 Å². The molecule has 0 fully saturated rings. The quantitative estimate of drug-likeness (QED) is 0.795. The van der Waals surface area contributed by atoms with E-state index in [2.05, 4.69) is 5.32 Å². The highest BCUT2D eigenvalue weighted by Gasteiger charge is 2.34. The molecule has 112 valence electrons. The van der Waals surface area contributed by atoms with Gasteiger partial charge in [-0.1, -0.05) is 11.6 Å². The molecule has 0 radical (unpaired) electrons. The molecule has 0 spiro atoms. The lowest BCUT2D eigenvalue weighted by atomic mass is 10.1. The smallest absolute Gasteiger partial charge is 0.419 e. The summed E-state index contributed by atoms with van der Waals surface area (Å²) in [5.41, 5.74) is -0.841. The molecule has 2 aromatic rings. The molecule has 0 aliphatic heterocycles. The second-order valence-corrected chi connectivity index (χ2v) is 4.76. The fraction of sp³-hybridized carbons (Fsp3) is 0.143. The summed E-state index contributed by atoms with van der Waals surface area (Å²) in [6.07, 6.45) is -4.76. The van der Waals surface area contributed by atoms with Crippen molar-refractivity contribution in [2.45, 2.75) is 12.7 Å². The minimum atomic E-state index is -4.76. The number of phenols is 1. The third-order valence-electron chi connectivity index (χ3n) is 2.80. The van der Waals surface area contributed by atoms with Crippen LogP contribution in [-0.4, -0.2) is 5.11 Å². The van der Waals surface area contributed by atoms with Crippen LogP contribution in [-0.2, 0) is 12.7 Å². The van der Waals surface area contributed by atoms with E-state index in [9.17, 15) is 22.7 Å². The van der Waals surface area contributed by atoms with Crippen molar-refractivity contribution in [3.8, 4) is 5.75 Å². The van der Waals surface area contributed by atoms with Crippen LogP contribution < -0.4 is 5.32 Å². The predicted octanol–water partition coefficient (Wildman–Crippen LogP) is 4.82. The number of aromatic hydroxyl groups is 1. The molecular formula is C14H10ClF4NO. The van der Waals surface area contributed by atoms with Gasteiger partial charge in [0.2, 0.25) is 0 Å². The topological polar surface area (TPSA) is 32.3 Å². The number of hydrogen-bond donors (Lipinski definition) is 2. The molecule has 2 aromatic carbocycles. The largest absolute Gasteiger partial charge is 0.508 e. The minimum Gasteiger partial charge on any atom is -0.508 e. The standard InChI is InChI=1S/C14H10ClF4NO/c15-9-1-4-13(21)8(5-9)7-20-10-2-3-12(16)11(6-10)14(17,18)19/h1-6,20-21H,7H2. The summed E-state index contributed by atoms with van der Waals surface area (Å²) in [7, 11) is 0. The number of nitrogens with one attached hydrogen (secondary N) is 1. The molecule has 0 aromatic heterocycles. The van der Waals surface area contributed by atoms with Gasteiger partial charge in [0.15, 0.2) is 0 Å². The summed E-state index contributed by atoms with van der Waals surface area (Å²) >= 11 is 5.77. The number of anilines is 1. The summed E-state index contributed by atoms with van der Waals surface area (Å²) in [5.74, 6) is -1.37. The molecule has 21 heavy (non-hydrogen) atoms. The van der Waals surface area contributed by atoms with Gasteiger partial charge in [-0.3, -0.25) is 0 Å². The molecule has 0 unspecified atom stereocenters. The zero-order valence-corrected chi connectivity index (χ0v) is 11.3. The summed E-state index contributed by atoms with van der Waals surface area (Å²) in [6.45, 7) is 0.0509. The Hall–Kier alpha value is -1.95. The summed E-state index contributed by atoms with van der Waals surface area (Å²) in [5, 5.41) is 12.7. The average molecular weight is 320 g/mol. The van der Waals surface area contributed by atoms with E-state index in [1.165, 1.54) is 24.3 Å². The SMILES string of the molecule is Oc1ccc(Cl)cc1CNc1ccc(F)c(C(F)(F)F)c1. The fourth-order valence-electron chi connectivity index (χ4n) is 1.75. The van der Waals surface area contributed by atoms with Crippen molar-refractivity contribution in [1.29, 1.82) is 0 Å². The number of alkyl halides is 3. The predicted molar refractivity (Wildman–Crippen MR) is 71.8 cm³/mol. The van der Waals surface area contributed by atoms with Gasteiger partial charge in [-0.15, -0.1) is 0 Å². The first-order valence-corrected chi connectivity index (χ1v) is 6.23. The molecule has 2 rings (SSSR count). The van der Waals surface area contributed by atoms with E-state index >= 15 is 0 Å². The summed E-state index contributed by atoms with van der Waals surface area (Å²) < 4.78 is 50.9. The highest BCUT2D eigenvalue weighted by molar-refractivity contribution is 6.30. The van der Waals surface area contributed by atoms with Gasteiger partial charge < -0.3 is 10.4 Å². The van der Waals surface area contributed by atoms with Crippen molar-refractivity contribution in [2.24, 2.45) is 0 Å². The first-order chi connectivity index (χ1) is 9.77. The fourth-order valence-corrected chi connectivity index (χ4v) is 1.94. The zero-order valence-electron chi connectivity index (χ0n) is 10.5. The Labute approximate surface area is 123 Å². The van der Waals surface area contributed by atoms with Crippen LogP contribution in [0.2, 0.25) is 5.02 Å². The van der Waals surface area contributed by atoms with Crippen molar-refractivity contribution >= 4 is 17.3 Å². The van der Waals surface area contributed by atoms with E-state index < -0.39 is 17.6 Å². The molecule has 0 atom stereocenters. The molecule has 0 heterocycles. The van der Waals surface area contributed by atoms with Crippen LogP contribution in [0.3, 0.4) is 0 Å². The van der Waals surface area contributed by atoms with E-state index in [1.54, 1.807) is 0 Å². The zero-order chi connectivity index (χ0) is 15.6. The van der Waals surface area contributed by atoms with Gasteiger partial charge in [-0.05, 0) is 36.4 Å². The number of hydrogen-bond acceptors (Lipinski definition) is 2. The number of benzene rings is 2. The van der Waals surface area contributed by atoms with E-state index in [4.69, 9.17) is 11.6 Å². The molecule has 2 nitrogen and oxygen atoms in total. The van der Waals surface area contributed by atoms with Crippen LogP contribution in [0.25, 0.3) is 0 Å². The van der Waals surface area contributed by atoms with Crippen molar-refractivity contribution in [2.75, 3.05) is 5.32 Å². The Morgan fingerprint density at radius 3 is 2.48 bits per heavy atom. The lowest BCUT2D eigenvalue weighted by molar-refractivity contribution is -0.139. The van der Waals surface area contributed by atoms with Crippen molar-refractivity contribution in [3.63, 3.8) is 0 Å². The number of phenolic OH excluding ortho intramolecular Hbond substituents is 1. The first kappa shape index (κ1) is 15.4. The van der Waals surface area contributed by atoms with Crippen LogP contribution in [0.1, 0.15) is 11.1 Å². The van der Waals surface area contributed by atoms with E-state index in [-0.39, 0.29) is 18.0 Å². The maximum Gasteiger partial charge on any atom is 0.419 e. The molecule has 0 aliphatic rings. The molecule has 0 aliphatic carbocycles. The Morgan fingerprint density at radius 2 is 1.81 bits per heavy atom. The third-order valence-corrected chi connectivity index (χ3v) is 3.03. The van der Waals surface area contributed by atoms with Crippen LogP contribution in [0.4, 0.5) is 23.2 Å². The molecule has 0 saturated heterocycles. The van der Waals surface area contributed by atoms with E-state index in [1.807, 2.05) is 0 Å². The second-order valence-electron chi connectivity index (χ2n) is 4.32. The number of halogens is 5. The van der Waals surface area contributed by atoms with Crippen LogP contribution >= 0.6 is 11.6 Å². The Bertz CT molecular complexity index is 658. The van der Waals surface area contributed by atoms with Crippen LogP contribution in [0, 0.1) is 5.82 Å². The van der Waals surface area contributed by atoms with Gasteiger partial charge in [-0.25, -0.2) is 4.39 Å². The van der Waals surface area contributed by atoms with E-state index in [0.717, 1.165) is 6.07 Å². The van der Waals surface area contributed by atoms with Crippen LogP contribution in [0.5, 0.6) is 5.75 Å². The van der Waals surface area contributed by atoms with Gasteiger partial charge in [0.25, 0.3) is 0 Å². The van der Waals surface area contributed by atoms with Gasteiger partial charge in [-0.2, -0.15) is 13.2 Å². The maximum absolute atomic E-state index is 13.1. The van der Waals surface area contributed by atoms with Crippen molar-refractivity contribution in [1.82, 2.24) is 0 Å². The first-order valence-electron chi connectivity index (χ1n) is 5.85. The molecule has 7 heteroatoms. The average Bonchev–Trinajstić information content (AvgIpc) is 2.40. The lowest BCUT2D eigenvalue weighted by Gasteiger charge is -2.12. The molecule has 0 amide bonds. The van der Waals surface area contributed by atoms with Crippen molar-refractivity contribution < 1.29 is 22.7 Å². The third kappa shape index (κ3) is 3.78. The van der Waals surface area contributed by atoms with Gasteiger partial charge in [0.1, 0.15) is 11.6 Å². The molecular weight excluding hydrogens is 310 g/mol. The highest BCUT2D eigenvalue weighted by Crippen LogP contribution is 2.33. The van der Waals surface area contributed by atoms with Gasteiger partial charge in [0, 0.05) is 22.8 Å². The molecule has 0 saturated carbocycles. The monoisotopic (exact) mass is 319 g/mol. The Kier molecular flexibility index (Phi) is 4.27. The normalized spacial score (nSPS) is 11.5. The lowest BCUT2D eigenvalue weighted by Crippen LogP contribution is -2.09. The minimum absolute atomic E-state index is 0.0370.